The van der Waals surface area contributed by atoms with Crippen molar-refractivity contribution in [3.63, 3.8) is 0 Å². The molecule has 5 nitrogen and oxygen atoms in total. The van der Waals surface area contributed by atoms with Crippen molar-refractivity contribution in [1.82, 2.24) is 4.57 Å². The molecule has 0 unspecified atom stereocenters. The van der Waals surface area contributed by atoms with Gasteiger partial charge >= 0.3 is 0 Å². The maximum Gasteiger partial charge on any atom is 0.255 e. The normalized spacial score (nSPS) is 13.1. The summed E-state index contributed by atoms with van der Waals surface area (Å²) in [5.41, 5.74) is 2.30. The summed E-state index contributed by atoms with van der Waals surface area (Å²) in [5.74, 6) is 1.22. The van der Waals surface area contributed by atoms with Gasteiger partial charge in [-0.2, -0.15) is 0 Å². The Hall–Kier alpha value is -3.21. The Morgan fingerprint density at radius 2 is 1.64 bits per heavy atom. The van der Waals surface area contributed by atoms with Crippen LogP contribution in [0.2, 0.25) is 0 Å². The smallest absolute Gasteiger partial charge is 0.255 e. The number of hydrogen-bond acceptors (Lipinski definition) is 3. The summed E-state index contributed by atoms with van der Waals surface area (Å²) in [5, 5.41) is 2.90. The van der Waals surface area contributed by atoms with Crippen molar-refractivity contribution in [2.45, 2.75) is 6.42 Å². The van der Waals surface area contributed by atoms with Crippen LogP contribution in [0, 0.1) is 0 Å². The first-order valence-corrected chi connectivity index (χ1v) is 8.24. The highest BCUT2D eigenvalue weighted by molar-refractivity contribution is 6.04. The maximum absolute atomic E-state index is 12.5. The number of benzene rings is 2. The van der Waals surface area contributed by atoms with Gasteiger partial charge in [-0.1, -0.05) is 0 Å². The van der Waals surface area contributed by atoms with Gasteiger partial charge in [0, 0.05) is 41.8 Å². The molecule has 2 aromatic carbocycles. The molecule has 1 aliphatic rings. The second-order valence-corrected chi connectivity index (χ2v) is 5.80. The molecule has 0 saturated carbocycles. The number of amides is 1. The van der Waals surface area contributed by atoms with Gasteiger partial charge in [-0.3, -0.25) is 4.79 Å². The van der Waals surface area contributed by atoms with Crippen molar-refractivity contribution in [1.29, 1.82) is 0 Å². The van der Waals surface area contributed by atoms with Gasteiger partial charge in [0.2, 0.25) is 0 Å². The highest BCUT2D eigenvalue weighted by atomic mass is 16.5. The number of fused-ring (bicyclic) bond motifs is 1. The minimum absolute atomic E-state index is 0.159. The first-order chi connectivity index (χ1) is 12.3. The van der Waals surface area contributed by atoms with E-state index in [0.29, 0.717) is 36.0 Å². The maximum atomic E-state index is 12.5. The molecule has 126 valence electrons. The molecule has 4 rings (SSSR count). The summed E-state index contributed by atoms with van der Waals surface area (Å²) < 4.78 is 13.2. The molecule has 0 spiro atoms. The van der Waals surface area contributed by atoms with Gasteiger partial charge in [0.25, 0.3) is 5.91 Å². The number of carbonyl (C=O) groups excluding carboxylic acids is 1. The Morgan fingerprint density at radius 1 is 0.920 bits per heavy atom. The lowest BCUT2D eigenvalue weighted by Crippen LogP contribution is -2.12. The number of rotatable bonds is 3. The van der Waals surface area contributed by atoms with Crippen LogP contribution in [0.4, 0.5) is 5.69 Å². The molecule has 1 N–H and O–H groups in total. The van der Waals surface area contributed by atoms with E-state index in [0.717, 1.165) is 12.1 Å². The second-order valence-electron chi connectivity index (χ2n) is 5.80. The lowest BCUT2D eigenvalue weighted by Gasteiger charge is -2.11. The molecule has 0 radical (unpaired) electrons. The Morgan fingerprint density at radius 3 is 2.40 bits per heavy atom. The molecule has 1 aliphatic heterocycles. The van der Waals surface area contributed by atoms with E-state index in [1.54, 1.807) is 6.07 Å². The summed E-state index contributed by atoms with van der Waals surface area (Å²) in [7, 11) is 0. The molecule has 1 amide bonds. The first-order valence-electron chi connectivity index (χ1n) is 8.24. The fourth-order valence-electron chi connectivity index (χ4n) is 2.74. The van der Waals surface area contributed by atoms with Gasteiger partial charge in [0.1, 0.15) is 0 Å². The Labute approximate surface area is 145 Å². The average molecular weight is 334 g/mol. The number of anilines is 1. The van der Waals surface area contributed by atoms with Crippen LogP contribution in [0.3, 0.4) is 0 Å². The largest absolute Gasteiger partial charge is 0.490 e. The third-order valence-electron chi connectivity index (χ3n) is 4.04. The van der Waals surface area contributed by atoms with E-state index >= 15 is 0 Å². The molecular formula is C20H18N2O3. The average Bonchev–Trinajstić information content (AvgIpc) is 3.08. The fourth-order valence-corrected chi connectivity index (χ4v) is 2.74. The third kappa shape index (κ3) is 3.35. The number of ether oxygens (including phenoxy) is 2. The number of hydrogen-bond donors (Lipinski definition) is 1. The van der Waals surface area contributed by atoms with E-state index < -0.39 is 0 Å². The van der Waals surface area contributed by atoms with E-state index in [1.807, 2.05) is 65.5 Å². The lowest BCUT2D eigenvalue weighted by atomic mass is 10.2. The molecule has 0 fully saturated rings. The molecule has 0 bridgehead atoms. The van der Waals surface area contributed by atoms with Gasteiger partial charge in [0.05, 0.1) is 13.2 Å². The first kappa shape index (κ1) is 15.3. The van der Waals surface area contributed by atoms with Gasteiger partial charge < -0.3 is 19.4 Å². The van der Waals surface area contributed by atoms with Crippen LogP contribution in [0.5, 0.6) is 11.5 Å². The van der Waals surface area contributed by atoms with E-state index in [4.69, 9.17) is 9.47 Å². The van der Waals surface area contributed by atoms with Crippen molar-refractivity contribution in [3.8, 4) is 17.2 Å². The van der Waals surface area contributed by atoms with Gasteiger partial charge in [0.15, 0.2) is 11.5 Å². The molecule has 0 aliphatic carbocycles. The van der Waals surface area contributed by atoms with Crippen molar-refractivity contribution in [2.24, 2.45) is 0 Å². The van der Waals surface area contributed by atoms with E-state index in [-0.39, 0.29) is 5.91 Å². The van der Waals surface area contributed by atoms with Gasteiger partial charge in [-0.25, -0.2) is 0 Å². The Kier molecular flexibility index (Phi) is 4.12. The quantitative estimate of drug-likeness (QED) is 0.790. The molecule has 2 heterocycles. The van der Waals surface area contributed by atoms with Crippen molar-refractivity contribution < 1.29 is 14.3 Å². The van der Waals surface area contributed by atoms with Crippen molar-refractivity contribution in [3.05, 3.63) is 72.6 Å². The van der Waals surface area contributed by atoms with E-state index in [9.17, 15) is 4.79 Å². The molecule has 1 aromatic heterocycles. The summed E-state index contributed by atoms with van der Waals surface area (Å²) in [6, 6.07) is 16.8. The number of nitrogens with zero attached hydrogens (tertiary/aromatic N) is 1. The van der Waals surface area contributed by atoms with Gasteiger partial charge in [-0.15, -0.1) is 0 Å². The zero-order valence-corrected chi connectivity index (χ0v) is 13.6. The summed E-state index contributed by atoms with van der Waals surface area (Å²) >= 11 is 0. The Bertz CT molecular complexity index is 870. The molecular weight excluding hydrogens is 316 g/mol. The van der Waals surface area contributed by atoms with Crippen molar-refractivity contribution >= 4 is 11.6 Å². The third-order valence-corrected chi connectivity index (χ3v) is 4.04. The van der Waals surface area contributed by atoms with Crippen LogP contribution in [-0.2, 0) is 0 Å². The topological polar surface area (TPSA) is 52.5 Å². The van der Waals surface area contributed by atoms with Crippen LogP contribution >= 0.6 is 0 Å². The van der Waals surface area contributed by atoms with Crippen LogP contribution in [0.1, 0.15) is 16.8 Å². The van der Waals surface area contributed by atoms with E-state index in [2.05, 4.69) is 5.32 Å². The SMILES string of the molecule is O=C(Nc1ccc2c(c1)OCCCO2)c1ccc(-n2cccc2)cc1. The highest BCUT2D eigenvalue weighted by Crippen LogP contribution is 2.32. The van der Waals surface area contributed by atoms with Gasteiger partial charge in [-0.05, 0) is 48.5 Å². The van der Waals surface area contributed by atoms with Crippen LogP contribution in [0.25, 0.3) is 5.69 Å². The fraction of sp³-hybridized carbons (Fsp3) is 0.150. The predicted octanol–water partition coefficient (Wildman–Crippen LogP) is 3.89. The summed E-state index contributed by atoms with van der Waals surface area (Å²) in [6.45, 7) is 1.26. The predicted molar refractivity (Wildman–Crippen MR) is 95.8 cm³/mol. The number of carbonyl (C=O) groups is 1. The second kappa shape index (κ2) is 6.73. The lowest BCUT2D eigenvalue weighted by molar-refractivity contribution is 0.102. The minimum atomic E-state index is -0.159. The zero-order chi connectivity index (χ0) is 17.1. The number of aromatic nitrogens is 1. The van der Waals surface area contributed by atoms with Crippen LogP contribution in [0.15, 0.2) is 67.0 Å². The van der Waals surface area contributed by atoms with Crippen LogP contribution in [-0.4, -0.2) is 23.7 Å². The monoisotopic (exact) mass is 334 g/mol. The Balaban J connectivity index is 1.49. The summed E-state index contributed by atoms with van der Waals surface area (Å²) in [4.78, 5) is 12.5. The molecule has 5 heteroatoms. The highest BCUT2D eigenvalue weighted by Gasteiger charge is 2.12. The summed E-state index contributed by atoms with van der Waals surface area (Å²) in [6.07, 6.45) is 4.78. The number of nitrogens with one attached hydrogen (secondary N) is 1. The molecule has 3 aromatic rings. The van der Waals surface area contributed by atoms with Crippen molar-refractivity contribution in [2.75, 3.05) is 18.5 Å². The van der Waals surface area contributed by atoms with E-state index in [1.165, 1.54) is 0 Å². The minimum Gasteiger partial charge on any atom is -0.490 e. The molecule has 0 saturated heterocycles. The zero-order valence-electron chi connectivity index (χ0n) is 13.6. The standard InChI is InChI=1S/C20H18N2O3/c23-20(15-4-7-17(8-5-15)22-10-1-2-11-22)21-16-6-9-18-19(14-16)25-13-3-12-24-18/h1-2,4-11,14H,3,12-13H2,(H,21,23). The molecule has 0 atom stereocenters. The van der Waals surface area contributed by atoms with Crippen LogP contribution < -0.4 is 14.8 Å². The molecule has 25 heavy (non-hydrogen) atoms.